The van der Waals surface area contributed by atoms with Crippen molar-refractivity contribution < 1.29 is 9.53 Å². The highest BCUT2D eigenvalue weighted by atomic mass is 127. The summed E-state index contributed by atoms with van der Waals surface area (Å²) in [6.07, 6.45) is 2.16. The zero-order valence-corrected chi connectivity index (χ0v) is 19.9. The number of ether oxygens (including phenoxy) is 1. The fraction of sp³-hybridized carbons (Fsp3) is 0.619. The minimum absolute atomic E-state index is 0. The van der Waals surface area contributed by atoms with Crippen LogP contribution in [0.2, 0.25) is 0 Å². The molecule has 1 saturated heterocycles. The van der Waals surface area contributed by atoms with Gasteiger partial charge in [-0.05, 0) is 31.9 Å². The number of carbonyl (C=O) groups excluding carboxylic acids is 1. The number of halogens is 1. The van der Waals surface area contributed by atoms with Gasteiger partial charge in [0.1, 0.15) is 0 Å². The lowest BCUT2D eigenvalue weighted by molar-refractivity contribution is -0.116. The van der Waals surface area contributed by atoms with Crippen LogP contribution in [-0.2, 0) is 9.53 Å². The predicted octanol–water partition coefficient (Wildman–Crippen LogP) is 2.39. The van der Waals surface area contributed by atoms with Gasteiger partial charge in [-0.15, -0.1) is 24.0 Å². The number of nitrogens with zero attached hydrogens (tertiary/aromatic N) is 2. The van der Waals surface area contributed by atoms with Gasteiger partial charge in [0, 0.05) is 57.8 Å². The molecule has 0 saturated carbocycles. The van der Waals surface area contributed by atoms with E-state index in [1.54, 1.807) is 7.05 Å². The summed E-state index contributed by atoms with van der Waals surface area (Å²) in [5.74, 6) is 1.01. The molecule has 1 amide bonds. The first-order valence-corrected chi connectivity index (χ1v) is 10.3. The highest BCUT2D eigenvalue weighted by Gasteiger charge is 2.25. The van der Waals surface area contributed by atoms with E-state index < -0.39 is 0 Å². The molecule has 3 unspecified atom stereocenters. The van der Waals surface area contributed by atoms with E-state index in [2.05, 4.69) is 45.8 Å². The first kappa shape index (κ1) is 23.9. The fourth-order valence-electron chi connectivity index (χ4n) is 4.10. The summed E-state index contributed by atoms with van der Waals surface area (Å²) in [5, 5.41) is 9.71. The molecule has 2 aliphatic heterocycles. The normalized spacial score (nSPS) is 24.9. The van der Waals surface area contributed by atoms with Gasteiger partial charge in [0.25, 0.3) is 0 Å². The number of rotatable bonds is 6. The Labute approximate surface area is 191 Å². The van der Waals surface area contributed by atoms with Crippen LogP contribution < -0.4 is 16.0 Å². The molecule has 162 valence electrons. The zero-order valence-electron chi connectivity index (χ0n) is 17.6. The van der Waals surface area contributed by atoms with E-state index in [9.17, 15) is 4.79 Å². The SMILES string of the molecule is CN=C(NCCCN1CC(C)OC(C)C1)NCC1CC(=O)Nc2ccccc21.I. The minimum Gasteiger partial charge on any atom is -0.373 e. The molecule has 0 bridgehead atoms. The first-order valence-electron chi connectivity index (χ1n) is 10.3. The third kappa shape index (κ3) is 7.11. The van der Waals surface area contributed by atoms with Crippen LogP contribution in [0.5, 0.6) is 0 Å². The standard InChI is InChI=1S/C21H33N5O2.HI/c1-15-13-26(14-16(2)28-15)10-6-9-23-21(22-3)24-12-17-11-20(27)25-19-8-5-4-7-18(17)19;/h4-5,7-8,15-17H,6,9-14H2,1-3H3,(H,25,27)(H2,22,23,24);1H. The average molecular weight is 515 g/mol. The van der Waals surface area contributed by atoms with Gasteiger partial charge in [0.15, 0.2) is 5.96 Å². The molecule has 1 fully saturated rings. The molecule has 0 radical (unpaired) electrons. The van der Waals surface area contributed by atoms with Crippen molar-refractivity contribution in [3.8, 4) is 0 Å². The Morgan fingerprint density at radius 1 is 1.24 bits per heavy atom. The second-order valence-corrected chi connectivity index (χ2v) is 7.79. The Bertz CT molecular complexity index is 689. The topological polar surface area (TPSA) is 78.0 Å². The molecule has 3 atom stereocenters. The van der Waals surface area contributed by atoms with Crippen molar-refractivity contribution in [3.05, 3.63) is 29.8 Å². The largest absolute Gasteiger partial charge is 0.373 e. The second-order valence-electron chi connectivity index (χ2n) is 7.79. The highest BCUT2D eigenvalue weighted by Crippen LogP contribution is 2.31. The third-order valence-electron chi connectivity index (χ3n) is 5.28. The lowest BCUT2D eigenvalue weighted by Gasteiger charge is -2.35. The number of anilines is 1. The number of fused-ring (bicyclic) bond motifs is 1. The number of para-hydroxylation sites is 1. The first-order chi connectivity index (χ1) is 13.5. The number of hydrogen-bond donors (Lipinski definition) is 3. The van der Waals surface area contributed by atoms with Gasteiger partial charge < -0.3 is 20.7 Å². The number of morpholine rings is 1. The highest BCUT2D eigenvalue weighted by molar-refractivity contribution is 14.0. The maximum absolute atomic E-state index is 12.0. The fourth-order valence-corrected chi connectivity index (χ4v) is 4.10. The minimum atomic E-state index is 0. The Morgan fingerprint density at radius 2 is 1.97 bits per heavy atom. The summed E-state index contributed by atoms with van der Waals surface area (Å²) >= 11 is 0. The van der Waals surface area contributed by atoms with Gasteiger partial charge >= 0.3 is 0 Å². The molecule has 0 spiro atoms. The van der Waals surface area contributed by atoms with Crippen molar-refractivity contribution in [2.45, 2.75) is 44.8 Å². The van der Waals surface area contributed by atoms with E-state index in [0.29, 0.717) is 25.2 Å². The summed E-state index contributed by atoms with van der Waals surface area (Å²) in [5.41, 5.74) is 2.10. The zero-order chi connectivity index (χ0) is 19.9. The Hall–Kier alpha value is -1.39. The quantitative estimate of drug-likeness (QED) is 0.235. The van der Waals surface area contributed by atoms with E-state index in [1.807, 2.05) is 18.2 Å². The molecule has 2 aliphatic rings. The maximum atomic E-state index is 12.0. The summed E-state index contributed by atoms with van der Waals surface area (Å²) < 4.78 is 5.79. The third-order valence-corrected chi connectivity index (χ3v) is 5.28. The van der Waals surface area contributed by atoms with Crippen LogP contribution in [0.4, 0.5) is 5.69 Å². The molecule has 29 heavy (non-hydrogen) atoms. The van der Waals surface area contributed by atoms with Crippen LogP contribution >= 0.6 is 24.0 Å². The Balaban J connectivity index is 0.00000300. The number of aliphatic imine (C=N–C) groups is 1. The van der Waals surface area contributed by atoms with Crippen LogP contribution in [0.15, 0.2) is 29.3 Å². The summed E-state index contributed by atoms with van der Waals surface area (Å²) in [6.45, 7) is 8.87. The Morgan fingerprint density at radius 3 is 2.69 bits per heavy atom. The van der Waals surface area contributed by atoms with E-state index in [0.717, 1.165) is 44.2 Å². The van der Waals surface area contributed by atoms with Crippen LogP contribution in [0.25, 0.3) is 0 Å². The molecule has 8 heteroatoms. The maximum Gasteiger partial charge on any atom is 0.225 e. The predicted molar refractivity (Wildman–Crippen MR) is 128 cm³/mol. The number of amides is 1. The van der Waals surface area contributed by atoms with E-state index in [4.69, 9.17) is 4.74 Å². The molecule has 3 rings (SSSR count). The average Bonchev–Trinajstić information content (AvgIpc) is 2.66. The van der Waals surface area contributed by atoms with Crippen molar-refractivity contribution in [3.63, 3.8) is 0 Å². The van der Waals surface area contributed by atoms with Crippen LogP contribution in [0, 0.1) is 0 Å². The summed E-state index contributed by atoms with van der Waals surface area (Å²) in [6, 6.07) is 8.01. The van der Waals surface area contributed by atoms with Crippen molar-refractivity contribution in [2.75, 3.05) is 45.1 Å². The lowest BCUT2D eigenvalue weighted by Crippen LogP contribution is -2.46. The van der Waals surface area contributed by atoms with E-state index >= 15 is 0 Å². The number of hydrogen-bond acceptors (Lipinski definition) is 4. The molecule has 3 N–H and O–H groups in total. The van der Waals surface area contributed by atoms with E-state index in [1.165, 1.54) is 5.56 Å². The van der Waals surface area contributed by atoms with Gasteiger partial charge in [-0.1, -0.05) is 18.2 Å². The van der Waals surface area contributed by atoms with Crippen LogP contribution in [0.1, 0.15) is 38.2 Å². The number of nitrogens with one attached hydrogen (secondary N) is 3. The summed E-state index contributed by atoms with van der Waals surface area (Å²) in [7, 11) is 1.78. The molecule has 0 aliphatic carbocycles. The smallest absolute Gasteiger partial charge is 0.225 e. The van der Waals surface area contributed by atoms with Crippen molar-refractivity contribution in [1.29, 1.82) is 0 Å². The second kappa shape index (κ2) is 11.7. The van der Waals surface area contributed by atoms with Gasteiger partial charge in [-0.2, -0.15) is 0 Å². The van der Waals surface area contributed by atoms with Crippen molar-refractivity contribution >= 4 is 41.5 Å². The molecule has 7 nitrogen and oxygen atoms in total. The monoisotopic (exact) mass is 515 g/mol. The molecule has 2 heterocycles. The summed E-state index contributed by atoms with van der Waals surface area (Å²) in [4.78, 5) is 18.7. The molecule has 1 aromatic rings. The molecular formula is C21H34IN5O2. The molecule has 1 aromatic carbocycles. The Kier molecular flexibility index (Phi) is 9.64. The van der Waals surface area contributed by atoms with Gasteiger partial charge in [-0.25, -0.2) is 0 Å². The van der Waals surface area contributed by atoms with Crippen molar-refractivity contribution in [2.24, 2.45) is 4.99 Å². The van der Waals surface area contributed by atoms with Crippen LogP contribution in [0.3, 0.4) is 0 Å². The number of benzene rings is 1. The molecular weight excluding hydrogens is 481 g/mol. The van der Waals surface area contributed by atoms with Gasteiger partial charge in [0.2, 0.25) is 5.91 Å². The van der Waals surface area contributed by atoms with Crippen molar-refractivity contribution in [1.82, 2.24) is 15.5 Å². The number of guanidine groups is 1. The van der Waals surface area contributed by atoms with E-state index in [-0.39, 0.29) is 35.8 Å². The van der Waals surface area contributed by atoms with Gasteiger partial charge in [-0.3, -0.25) is 14.7 Å². The number of carbonyl (C=O) groups is 1. The lowest BCUT2D eigenvalue weighted by atomic mass is 9.90. The molecule has 0 aromatic heterocycles. The van der Waals surface area contributed by atoms with Crippen LogP contribution in [-0.4, -0.2) is 68.7 Å². The van der Waals surface area contributed by atoms with Gasteiger partial charge in [0.05, 0.1) is 12.2 Å².